The van der Waals surface area contributed by atoms with E-state index < -0.39 is 17.5 Å². The Balaban J connectivity index is 1.40. The van der Waals surface area contributed by atoms with Crippen LogP contribution in [0, 0.1) is 17.5 Å². The van der Waals surface area contributed by atoms with E-state index in [1.54, 1.807) is 25.3 Å². The van der Waals surface area contributed by atoms with E-state index in [-0.39, 0.29) is 17.8 Å². The van der Waals surface area contributed by atoms with Crippen molar-refractivity contribution < 1.29 is 22.6 Å². The van der Waals surface area contributed by atoms with E-state index in [9.17, 15) is 13.2 Å². The molecule has 0 saturated heterocycles. The van der Waals surface area contributed by atoms with Crippen molar-refractivity contribution in [2.45, 2.75) is 57.5 Å². The maximum atomic E-state index is 14.9. The van der Waals surface area contributed by atoms with Crippen LogP contribution in [0.25, 0.3) is 11.1 Å². The van der Waals surface area contributed by atoms with Gasteiger partial charge in [-0.15, -0.1) is 0 Å². The first kappa shape index (κ1) is 24.3. The number of hydrogen-bond acceptors (Lipinski definition) is 2. The number of benzene rings is 3. The lowest BCUT2D eigenvalue weighted by Crippen LogP contribution is -2.20. The van der Waals surface area contributed by atoms with E-state index in [1.807, 2.05) is 37.3 Å². The second-order valence-corrected chi connectivity index (χ2v) is 8.93. The van der Waals surface area contributed by atoms with E-state index in [0.29, 0.717) is 30.6 Å². The van der Waals surface area contributed by atoms with E-state index in [0.717, 1.165) is 42.4 Å². The molecule has 4 rings (SSSR count). The van der Waals surface area contributed by atoms with Gasteiger partial charge in [-0.25, -0.2) is 13.2 Å². The van der Waals surface area contributed by atoms with Gasteiger partial charge < -0.3 is 9.47 Å². The molecule has 0 radical (unpaired) electrons. The first-order valence-electron chi connectivity index (χ1n) is 12.0. The number of halogens is 3. The molecule has 0 heterocycles. The average Bonchev–Trinajstić information content (AvgIpc) is 2.87. The van der Waals surface area contributed by atoms with Crippen molar-refractivity contribution in [1.29, 1.82) is 0 Å². The molecule has 0 spiro atoms. The van der Waals surface area contributed by atoms with E-state index in [1.165, 1.54) is 6.07 Å². The van der Waals surface area contributed by atoms with Gasteiger partial charge in [0.1, 0.15) is 0 Å². The quantitative estimate of drug-likeness (QED) is 0.338. The fourth-order valence-electron chi connectivity index (χ4n) is 4.82. The Hall–Kier alpha value is -2.79. The molecule has 0 atom stereocenters. The van der Waals surface area contributed by atoms with Gasteiger partial charge in [0.25, 0.3) is 0 Å². The van der Waals surface area contributed by atoms with Crippen molar-refractivity contribution in [2.24, 2.45) is 0 Å². The number of hydrogen-bond donors (Lipinski definition) is 0. The van der Waals surface area contributed by atoms with Gasteiger partial charge in [0.2, 0.25) is 0 Å². The topological polar surface area (TPSA) is 18.5 Å². The van der Waals surface area contributed by atoms with Gasteiger partial charge in [-0.05, 0) is 91.3 Å². The molecule has 3 aromatic carbocycles. The fourth-order valence-corrected chi connectivity index (χ4v) is 4.82. The van der Waals surface area contributed by atoms with Crippen molar-refractivity contribution in [2.75, 3.05) is 13.7 Å². The maximum absolute atomic E-state index is 14.9. The number of rotatable bonds is 8. The van der Waals surface area contributed by atoms with Gasteiger partial charge >= 0.3 is 0 Å². The molecule has 3 aromatic rings. The number of methoxy groups -OCH3 is 1. The van der Waals surface area contributed by atoms with Crippen LogP contribution in [0.5, 0.6) is 5.75 Å². The van der Waals surface area contributed by atoms with Gasteiger partial charge in [0, 0.05) is 7.11 Å². The minimum Gasteiger partial charge on any atom is -0.491 e. The van der Waals surface area contributed by atoms with Gasteiger partial charge in [-0.2, -0.15) is 0 Å². The summed E-state index contributed by atoms with van der Waals surface area (Å²) in [6, 6.07) is 16.1. The van der Waals surface area contributed by atoms with Crippen LogP contribution in [0.15, 0.2) is 54.6 Å². The summed E-state index contributed by atoms with van der Waals surface area (Å²) >= 11 is 0. The number of ether oxygens (including phenoxy) is 2. The molecule has 0 amide bonds. The molecule has 5 heteroatoms. The molecule has 180 valence electrons. The van der Waals surface area contributed by atoms with Gasteiger partial charge in [-0.1, -0.05) is 42.5 Å². The highest BCUT2D eigenvalue weighted by atomic mass is 19.2. The SMILES string of the molecule is CCOc1ccc(-c2ccc(CCc3ccc(C4CCC(OC)CC4)c(F)c3F)cc2)cc1F. The van der Waals surface area contributed by atoms with E-state index in [4.69, 9.17) is 9.47 Å². The molecule has 0 N–H and O–H groups in total. The first-order valence-corrected chi connectivity index (χ1v) is 12.0. The third-order valence-electron chi connectivity index (χ3n) is 6.84. The van der Waals surface area contributed by atoms with Crippen LogP contribution in [0.4, 0.5) is 13.2 Å². The van der Waals surface area contributed by atoms with Crippen molar-refractivity contribution in [3.63, 3.8) is 0 Å². The standard InChI is InChI=1S/C29H31F3O2/c1-3-34-27-17-13-23(18-26(27)30)20-7-4-19(5-8-20)6-9-22-12-16-25(29(32)28(22)31)21-10-14-24(33-2)15-11-21/h4-5,7-8,12-13,16-18,21,24H,3,6,9-11,14-15H2,1-2H3. The Morgan fingerprint density at radius 2 is 1.50 bits per heavy atom. The van der Waals surface area contributed by atoms with Crippen LogP contribution in [-0.2, 0) is 17.6 Å². The maximum Gasteiger partial charge on any atom is 0.165 e. The van der Waals surface area contributed by atoms with Crippen molar-refractivity contribution >= 4 is 0 Å². The van der Waals surface area contributed by atoms with Crippen LogP contribution in [0.2, 0.25) is 0 Å². The molecular weight excluding hydrogens is 437 g/mol. The Morgan fingerprint density at radius 1 is 0.794 bits per heavy atom. The lowest BCUT2D eigenvalue weighted by atomic mass is 9.82. The Kier molecular flexibility index (Phi) is 7.94. The minimum atomic E-state index is -0.729. The normalized spacial score (nSPS) is 18.1. The zero-order valence-electron chi connectivity index (χ0n) is 19.8. The van der Waals surface area contributed by atoms with Gasteiger partial charge in [-0.3, -0.25) is 0 Å². The molecule has 0 unspecified atom stereocenters. The summed E-state index contributed by atoms with van der Waals surface area (Å²) < 4.78 is 54.5. The zero-order valence-corrected chi connectivity index (χ0v) is 19.8. The van der Waals surface area contributed by atoms with Crippen molar-refractivity contribution in [3.8, 4) is 16.9 Å². The lowest BCUT2D eigenvalue weighted by molar-refractivity contribution is 0.0655. The zero-order chi connectivity index (χ0) is 24.1. The van der Waals surface area contributed by atoms with Crippen molar-refractivity contribution in [1.82, 2.24) is 0 Å². The molecule has 1 saturated carbocycles. The second-order valence-electron chi connectivity index (χ2n) is 8.93. The molecular formula is C29H31F3O2. The van der Waals surface area contributed by atoms with Crippen LogP contribution in [-0.4, -0.2) is 19.8 Å². The highest BCUT2D eigenvalue weighted by molar-refractivity contribution is 5.64. The van der Waals surface area contributed by atoms with Crippen LogP contribution in [0.3, 0.4) is 0 Å². The van der Waals surface area contributed by atoms with Gasteiger partial charge in [0.05, 0.1) is 12.7 Å². The highest BCUT2D eigenvalue weighted by Crippen LogP contribution is 2.36. The second kappa shape index (κ2) is 11.1. The van der Waals surface area contributed by atoms with E-state index >= 15 is 0 Å². The summed E-state index contributed by atoms with van der Waals surface area (Å²) in [4.78, 5) is 0. The summed E-state index contributed by atoms with van der Waals surface area (Å²) in [5.74, 6) is -1.53. The Bertz CT molecular complexity index is 1100. The monoisotopic (exact) mass is 468 g/mol. The molecule has 1 aliphatic rings. The van der Waals surface area contributed by atoms with Crippen LogP contribution >= 0.6 is 0 Å². The Labute approximate surface area is 199 Å². The molecule has 34 heavy (non-hydrogen) atoms. The third-order valence-corrected chi connectivity index (χ3v) is 6.84. The lowest BCUT2D eigenvalue weighted by Gasteiger charge is -2.28. The summed E-state index contributed by atoms with van der Waals surface area (Å²) in [6.07, 6.45) is 4.62. The molecule has 2 nitrogen and oxygen atoms in total. The summed E-state index contributed by atoms with van der Waals surface area (Å²) in [5.41, 5.74) is 3.54. The third kappa shape index (κ3) is 5.47. The minimum absolute atomic E-state index is 0.0509. The Morgan fingerprint density at radius 3 is 2.15 bits per heavy atom. The highest BCUT2D eigenvalue weighted by Gasteiger charge is 2.26. The molecule has 0 aliphatic heterocycles. The molecule has 0 aromatic heterocycles. The smallest absolute Gasteiger partial charge is 0.165 e. The molecule has 1 aliphatic carbocycles. The summed E-state index contributed by atoms with van der Waals surface area (Å²) in [5, 5.41) is 0. The number of aryl methyl sites for hydroxylation is 2. The average molecular weight is 469 g/mol. The molecule has 1 fully saturated rings. The predicted octanol–water partition coefficient (Wildman–Crippen LogP) is 7.63. The first-order chi connectivity index (χ1) is 16.5. The van der Waals surface area contributed by atoms with Crippen LogP contribution in [0.1, 0.15) is 55.2 Å². The summed E-state index contributed by atoms with van der Waals surface area (Å²) in [6.45, 7) is 2.22. The largest absolute Gasteiger partial charge is 0.491 e. The van der Waals surface area contributed by atoms with Crippen LogP contribution < -0.4 is 4.74 Å². The molecule has 0 bridgehead atoms. The van der Waals surface area contributed by atoms with E-state index in [2.05, 4.69) is 0 Å². The predicted molar refractivity (Wildman–Crippen MR) is 129 cm³/mol. The fraction of sp³-hybridized carbons (Fsp3) is 0.379. The van der Waals surface area contributed by atoms with Gasteiger partial charge in [0.15, 0.2) is 23.2 Å². The van der Waals surface area contributed by atoms with Crippen molar-refractivity contribution in [3.05, 3.63) is 88.7 Å². The summed E-state index contributed by atoms with van der Waals surface area (Å²) in [7, 11) is 1.70.